The van der Waals surface area contributed by atoms with E-state index in [4.69, 9.17) is 0 Å². The van der Waals surface area contributed by atoms with Crippen molar-refractivity contribution in [1.29, 1.82) is 0 Å². The molecule has 1 aliphatic heterocycles. The summed E-state index contributed by atoms with van der Waals surface area (Å²) in [5.41, 5.74) is 0.367. The van der Waals surface area contributed by atoms with Crippen LogP contribution >= 0.6 is 11.3 Å². The van der Waals surface area contributed by atoms with Crippen LogP contribution in [0.5, 0.6) is 0 Å². The molecule has 1 fully saturated rings. The number of likely N-dealkylation sites (tertiary alicyclic amines) is 1. The van der Waals surface area contributed by atoms with Gasteiger partial charge in [0.1, 0.15) is 5.82 Å². The topological polar surface area (TPSA) is 32.3 Å². The minimum absolute atomic E-state index is 0.208. The number of hydrogen-bond acceptors (Lipinski definition) is 3. The first-order valence-corrected chi connectivity index (χ1v) is 8.43. The Hall–Kier alpha value is -1.72. The summed E-state index contributed by atoms with van der Waals surface area (Å²) in [5.74, 6) is -0.609. The van der Waals surface area contributed by atoms with Gasteiger partial charge in [-0.2, -0.15) is 0 Å². The van der Waals surface area contributed by atoms with Crippen LogP contribution in [0.25, 0.3) is 0 Å². The Morgan fingerprint density at radius 1 is 1.27 bits per heavy atom. The summed E-state index contributed by atoms with van der Waals surface area (Å²) in [5, 5.41) is 5.01. The number of carbonyl (C=O) groups excluding carboxylic acids is 1. The highest BCUT2D eigenvalue weighted by Gasteiger charge is 2.24. The third kappa shape index (κ3) is 3.54. The SMILES string of the molecule is O=C(NCC(c1cccs1)N1CCCC1)c1cccc(F)c1. The second-order valence-corrected chi connectivity index (χ2v) is 6.47. The Labute approximate surface area is 133 Å². The number of benzene rings is 1. The zero-order chi connectivity index (χ0) is 15.4. The van der Waals surface area contributed by atoms with Crippen molar-refractivity contribution in [1.82, 2.24) is 10.2 Å². The van der Waals surface area contributed by atoms with Gasteiger partial charge < -0.3 is 5.32 Å². The predicted octanol–water partition coefficient (Wildman–Crippen LogP) is 3.45. The Morgan fingerprint density at radius 3 is 2.77 bits per heavy atom. The summed E-state index contributed by atoms with van der Waals surface area (Å²) in [7, 11) is 0. The van der Waals surface area contributed by atoms with Crippen molar-refractivity contribution in [2.24, 2.45) is 0 Å². The van der Waals surface area contributed by atoms with Crippen molar-refractivity contribution in [3.8, 4) is 0 Å². The number of rotatable bonds is 5. The maximum Gasteiger partial charge on any atom is 0.251 e. The quantitative estimate of drug-likeness (QED) is 0.916. The predicted molar refractivity (Wildman–Crippen MR) is 86.6 cm³/mol. The summed E-state index contributed by atoms with van der Waals surface area (Å²) >= 11 is 1.71. The molecule has 0 saturated carbocycles. The van der Waals surface area contributed by atoms with Crippen molar-refractivity contribution < 1.29 is 9.18 Å². The molecular weight excluding hydrogens is 299 g/mol. The average Bonchev–Trinajstić information content (AvgIpc) is 3.21. The molecule has 0 spiro atoms. The van der Waals surface area contributed by atoms with Gasteiger partial charge in [-0.15, -0.1) is 11.3 Å². The molecule has 1 aliphatic rings. The molecule has 1 aromatic carbocycles. The molecule has 1 unspecified atom stereocenters. The van der Waals surface area contributed by atoms with E-state index in [-0.39, 0.29) is 17.8 Å². The number of carbonyl (C=O) groups is 1. The summed E-state index contributed by atoms with van der Waals surface area (Å²) in [4.78, 5) is 15.9. The fraction of sp³-hybridized carbons (Fsp3) is 0.353. The van der Waals surface area contributed by atoms with E-state index in [0.717, 1.165) is 13.1 Å². The minimum Gasteiger partial charge on any atom is -0.350 e. The van der Waals surface area contributed by atoms with E-state index in [1.807, 2.05) is 6.07 Å². The molecule has 1 amide bonds. The monoisotopic (exact) mass is 318 g/mol. The van der Waals surface area contributed by atoms with Crippen LogP contribution in [0.4, 0.5) is 4.39 Å². The van der Waals surface area contributed by atoms with E-state index in [9.17, 15) is 9.18 Å². The third-order valence-electron chi connectivity index (χ3n) is 4.00. The highest BCUT2D eigenvalue weighted by molar-refractivity contribution is 7.10. The standard InChI is InChI=1S/C17H19FN2OS/c18-14-6-3-5-13(11-14)17(21)19-12-15(16-7-4-10-22-16)20-8-1-2-9-20/h3-7,10-11,15H,1-2,8-9,12H2,(H,19,21). The molecule has 22 heavy (non-hydrogen) atoms. The lowest BCUT2D eigenvalue weighted by atomic mass is 10.1. The lowest BCUT2D eigenvalue weighted by Crippen LogP contribution is -2.36. The van der Waals surface area contributed by atoms with Crippen LogP contribution in [-0.2, 0) is 0 Å². The molecule has 1 saturated heterocycles. The third-order valence-corrected chi connectivity index (χ3v) is 4.97. The molecule has 3 nitrogen and oxygen atoms in total. The first-order valence-electron chi connectivity index (χ1n) is 7.55. The molecule has 2 aromatic rings. The van der Waals surface area contributed by atoms with Gasteiger partial charge >= 0.3 is 0 Å². The number of thiophene rings is 1. The smallest absolute Gasteiger partial charge is 0.251 e. The van der Waals surface area contributed by atoms with Crippen LogP contribution < -0.4 is 5.32 Å². The number of halogens is 1. The maximum atomic E-state index is 13.2. The molecule has 1 aromatic heterocycles. The van der Waals surface area contributed by atoms with E-state index in [0.29, 0.717) is 12.1 Å². The summed E-state index contributed by atoms with van der Waals surface area (Å²) in [6.07, 6.45) is 2.42. The van der Waals surface area contributed by atoms with Crippen molar-refractivity contribution in [3.05, 3.63) is 58.0 Å². The second kappa shape index (κ2) is 7.03. The van der Waals surface area contributed by atoms with Gasteiger partial charge in [-0.1, -0.05) is 12.1 Å². The molecule has 1 N–H and O–H groups in total. The zero-order valence-corrected chi connectivity index (χ0v) is 13.1. The molecular formula is C17H19FN2OS. The summed E-state index contributed by atoms with van der Waals surface area (Å²) < 4.78 is 13.2. The lowest BCUT2D eigenvalue weighted by molar-refractivity contribution is 0.0938. The van der Waals surface area contributed by atoms with Crippen LogP contribution in [0.3, 0.4) is 0 Å². The van der Waals surface area contributed by atoms with Gasteiger partial charge in [-0.25, -0.2) is 4.39 Å². The van der Waals surface area contributed by atoms with E-state index in [2.05, 4.69) is 21.7 Å². The number of amides is 1. The van der Waals surface area contributed by atoms with E-state index >= 15 is 0 Å². The van der Waals surface area contributed by atoms with Gasteiger partial charge in [-0.3, -0.25) is 9.69 Å². The van der Waals surface area contributed by atoms with Gasteiger partial charge in [0.2, 0.25) is 0 Å². The Balaban J connectivity index is 1.67. The molecule has 2 heterocycles. The fourth-order valence-corrected chi connectivity index (χ4v) is 3.73. The Kier molecular flexibility index (Phi) is 4.85. The normalized spacial score (nSPS) is 16.6. The van der Waals surface area contributed by atoms with Crippen molar-refractivity contribution in [3.63, 3.8) is 0 Å². The first-order chi connectivity index (χ1) is 10.7. The Morgan fingerprint density at radius 2 is 2.09 bits per heavy atom. The lowest BCUT2D eigenvalue weighted by Gasteiger charge is -2.26. The van der Waals surface area contributed by atoms with E-state index in [1.54, 1.807) is 23.5 Å². The van der Waals surface area contributed by atoms with E-state index < -0.39 is 0 Å². The van der Waals surface area contributed by atoms with Gasteiger partial charge in [0.15, 0.2) is 0 Å². The van der Waals surface area contributed by atoms with Gasteiger partial charge in [0.25, 0.3) is 5.91 Å². The minimum atomic E-state index is -0.387. The molecule has 0 bridgehead atoms. The molecule has 1 atom stereocenters. The van der Waals surface area contributed by atoms with Gasteiger partial charge in [0, 0.05) is 17.0 Å². The van der Waals surface area contributed by atoms with Crippen LogP contribution in [0.2, 0.25) is 0 Å². The number of nitrogens with zero attached hydrogens (tertiary/aromatic N) is 1. The van der Waals surface area contributed by atoms with Gasteiger partial charge in [0.05, 0.1) is 6.04 Å². The number of hydrogen-bond donors (Lipinski definition) is 1. The highest BCUT2D eigenvalue weighted by Crippen LogP contribution is 2.27. The van der Waals surface area contributed by atoms with Crippen LogP contribution in [0, 0.1) is 5.82 Å². The van der Waals surface area contributed by atoms with Crippen LogP contribution in [0.15, 0.2) is 41.8 Å². The maximum absolute atomic E-state index is 13.2. The summed E-state index contributed by atoms with van der Waals surface area (Å²) in [6, 6.07) is 10.2. The largest absolute Gasteiger partial charge is 0.350 e. The van der Waals surface area contributed by atoms with E-state index in [1.165, 1.54) is 29.9 Å². The van der Waals surface area contributed by atoms with Crippen molar-refractivity contribution in [2.75, 3.05) is 19.6 Å². The number of nitrogens with one attached hydrogen (secondary N) is 1. The zero-order valence-electron chi connectivity index (χ0n) is 12.3. The van der Waals surface area contributed by atoms with Crippen molar-refractivity contribution >= 4 is 17.2 Å². The average molecular weight is 318 g/mol. The van der Waals surface area contributed by atoms with Gasteiger partial charge in [-0.05, 0) is 55.6 Å². The van der Waals surface area contributed by atoms with Crippen LogP contribution in [0.1, 0.15) is 34.1 Å². The van der Waals surface area contributed by atoms with Crippen molar-refractivity contribution in [2.45, 2.75) is 18.9 Å². The van der Waals surface area contributed by atoms with Crippen LogP contribution in [-0.4, -0.2) is 30.4 Å². The second-order valence-electron chi connectivity index (χ2n) is 5.49. The molecule has 0 aliphatic carbocycles. The highest BCUT2D eigenvalue weighted by atomic mass is 32.1. The molecule has 116 valence electrons. The molecule has 5 heteroatoms. The molecule has 0 radical (unpaired) electrons. The Bertz CT molecular complexity index is 623. The fourth-order valence-electron chi connectivity index (χ4n) is 2.86. The summed E-state index contributed by atoms with van der Waals surface area (Å²) in [6.45, 7) is 2.69. The molecule has 3 rings (SSSR count). The first kappa shape index (κ1) is 15.2.